The molecule has 1 aromatic rings. The van der Waals surface area contributed by atoms with E-state index < -0.39 is 0 Å². The smallest absolute Gasteiger partial charge is 0.133 e. The molecule has 0 amide bonds. The van der Waals surface area contributed by atoms with Crippen molar-refractivity contribution in [3.05, 3.63) is 36.4 Å². The van der Waals surface area contributed by atoms with Crippen molar-refractivity contribution in [2.45, 2.75) is 4.90 Å². The quantitative estimate of drug-likeness (QED) is 0.469. The minimum absolute atomic E-state index is 0.609. The first kappa shape index (κ1) is 11.5. The van der Waals surface area contributed by atoms with Gasteiger partial charge in [-0.15, -0.1) is 11.8 Å². The monoisotopic (exact) mass is 226 g/mol. The number of ether oxygens (including phenoxy) is 1. The van der Waals surface area contributed by atoms with Crippen molar-refractivity contribution in [3.63, 3.8) is 0 Å². The molecular formula is C11H14OS2. The molecule has 0 saturated carbocycles. The van der Waals surface area contributed by atoms with Crippen LogP contribution in [0.3, 0.4) is 0 Å². The van der Waals surface area contributed by atoms with Gasteiger partial charge in [0.2, 0.25) is 0 Å². The van der Waals surface area contributed by atoms with Crippen LogP contribution >= 0.6 is 24.4 Å². The molecule has 0 saturated heterocycles. The fraction of sp³-hybridized carbons (Fsp3) is 0.273. The summed E-state index contributed by atoms with van der Waals surface area (Å²) in [5.74, 6) is 1.71. The molecule has 1 aromatic carbocycles. The SMILES string of the molecule is CSc1ccccc1OCC=CCS. The summed E-state index contributed by atoms with van der Waals surface area (Å²) < 4.78 is 5.59. The molecule has 0 aliphatic rings. The van der Waals surface area contributed by atoms with Gasteiger partial charge < -0.3 is 4.74 Å². The molecule has 0 radical (unpaired) electrons. The Kier molecular flexibility index (Phi) is 5.64. The molecule has 0 aromatic heterocycles. The van der Waals surface area contributed by atoms with E-state index >= 15 is 0 Å². The normalized spacial score (nSPS) is 10.7. The van der Waals surface area contributed by atoms with Crippen molar-refractivity contribution in [2.75, 3.05) is 18.6 Å². The Bertz CT molecular complexity index is 297. The van der Waals surface area contributed by atoms with E-state index in [1.807, 2.05) is 36.6 Å². The summed E-state index contributed by atoms with van der Waals surface area (Å²) in [6, 6.07) is 8.04. The van der Waals surface area contributed by atoms with E-state index in [-0.39, 0.29) is 0 Å². The number of thiol groups is 1. The van der Waals surface area contributed by atoms with Crippen LogP contribution in [0.5, 0.6) is 5.75 Å². The van der Waals surface area contributed by atoms with E-state index in [1.165, 1.54) is 4.90 Å². The average Bonchev–Trinajstić information content (AvgIpc) is 2.25. The predicted molar refractivity (Wildman–Crippen MR) is 66.7 cm³/mol. The van der Waals surface area contributed by atoms with E-state index in [4.69, 9.17) is 4.74 Å². The molecule has 0 unspecified atom stereocenters. The summed E-state index contributed by atoms with van der Waals surface area (Å²) in [4.78, 5) is 1.17. The highest BCUT2D eigenvalue weighted by Gasteiger charge is 1.98. The summed E-state index contributed by atoms with van der Waals surface area (Å²) in [5, 5.41) is 0. The lowest BCUT2D eigenvalue weighted by atomic mass is 10.3. The van der Waals surface area contributed by atoms with Gasteiger partial charge in [-0.1, -0.05) is 24.3 Å². The van der Waals surface area contributed by atoms with Crippen LogP contribution < -0.4 is 4.74 Å². The summed E-state index contributed by atoms with van der Waals surface area (Å²) in [6.45, 7) is 0.609. The molecule has 3 heteroatoms. The Morgan fingerprint density at radius 2 is 2.14 bits per heavy atom. The second-order valence-corrected chi connectivity index (χ2v) is 3.83. The third-order valence-electron chi connectivity index (χ3n) is 1.68. The topological polar surface area (TPSA) is 9.23 Å². The van der Waals surface area contributed by atoms with E-state index in [1.54, 1.807) is 11.8 Å². The summed E-state index contributed by atoms with van der Waals surface area (Å²) >= 11 is 5.77. The van der Waals surface area contributed by atoms with Crippen LogP contribution in [0.4, 0.5) is 0 Å². The number of benzene rings is 1. The van der Waals surface area contributed by atoms with Gasteiger partial charge in [0.1, 0.15) is 12.4 Å². The third kappa shape index (κ3) is 3.68. The van der Waals surface area contributed by atoms with Crippen molar-refractivity contribution in [1.29, 1.82) is 0 Å². The maximum absolute atomic E-state index is 5.59. The van der Waals surface area contributed by atoms with Crippen LogP contribution in [0.25, 0.3) is 0 Å². The second-order valence-electron chi connectivity index (χ2n) is 2.62. The van der Waals surface area contributed by atoms with Gasteiger partial charge in [-0.3, -0.25) is 0 Å². The molecule has 76 valence electrons. The highest BCUT2D eigenvalue weighted by atomic mass is 32.2. The zero-order chi connectivity index (χ0) is 10.2. The molecule has 1 rings (SSSR count). The highest BCUT2D eigenvalue weighted by molar-refractivity contribution is 7.98. The van der Waals surface area contributed by atoms with Gasteiger partial charge in [0.25, 0.3) is 0 Å². The first-order chi connectivity index (χ1) is 6.88. The molecule has 0 aliphatic heterocycles. The molecular weight excluding hydrogens is 212 g/mol. The van der Waals surface area contributed by atoms with Crippen LogP contribution in [0.1, 0.15) is 0 Å². The molecule has 0 spiro atoms. The Morgan fingerprint density at radius 1 is 1.36 bits per heavy atom. The average molecular weight is 226 g/mol. The lowest BCUT2D eigenvalue weighted by molar-refractivity contribution is 0.354. The van der Waals surface area contributed by atoms with Crippen molar-refractivity contribution >= 4 is 24.4 Å². The minimum atomic E-state index is 0.609. The zero-order valence-electron chi connectivity index (χ0n) is 8.14. The maximum atomic E-state index is 5.59. The number of hydrogen-bond donors (Lipinski definition) is 1. The molecule has 0 aliphatic carbocycles. The number of rotatable bonds is 5. The Balaban J connectivity index is 2.53. The fourth-order valence-corrected chi connectivity index (χ4v) is 1.71. The third-order valence-corrected chi connectivity index (χ3v) is 2.66. The van der Waals surface area contributed by atoms with E-state index in [0.29, 0.717) is 6.61 Å². The largest absolute Gasteiger partial charge is 0.488 e. The first-order valence-corrected chi connectivity index (χ1v) is 6.26. The van der Waals surface area contributed by atoms with Crippen molar-refractivity contribution in [1.82, 2.24) is 0 Å². The number of hydrogen-bond acceptors (Lipinski definition) is 3. The van der Waals surface area contributed by atoms with Crippen molar-refractivity contribution in [2.24, 2.45) is 0 Å². The fourth-order valence-electron chi connectivity index (χ4n) is 1.02. The van der Waals surface area contributed by atoms with Crippen LogP contribution in [-0.4, -0.2) is 18.6 Å². The van der Waals surface area contributed by atoms with Gasteiger partial charge in [0.15, 0.2) is 0 Å². The predicted octanol–water partition coefficient (Wildman–Crippen LogP) is 3.27. The van der Waals surface area contributed by atoms with Gasteiger partial charge in [-0.2, -0.15) is 12.6 Å². The molecule has 0 bridgehead atoms. The van der Waals surface area contributed by atoms with Crippen LogP contribution in [0.15, 0.2) is 41.3 Å². The van der Waals surface area contributed by atoms with E-state index in [2.05, 4.69) is 18.7 Å². The Hall–Kier alpha value is -0.540. The van der Waals surface area contributed by atoms with Gasteiger partial charge in [0.05, 0.1) is 0 Å². The second kappa shape index (κ2) is 6.85. The molecule has 0 heterocycles. The highest BCUT2D eigenvalue weighted by Crippen LogP contribution is 2.26. The van der Waals surface area contributed by atoms with Gasteiger partial charge >= 0.3 is 0 Å². The zero-order valence-corrected chi connectivity index (χ0v) is 9.85. The Labute approximate surface area is 95.0 Å². The molecule has 14 heavy (non-hydrogen) atoms. The van der Waals surface area contributed by atoms with Crippen molar-refractivity contribution < 1.29 is 4.74 Å². The Morgan fingerprint density at radius 3 is 2.86 bits per heavy atom. The molecule has 0 fully saturated rings. The maximum Gasteiger partial charge on any atom is 0.133 e. The standard InChI is InChI=1S/C11H14OS2/c1-14-11-7-3-2-6-10(11)12-8-4-5-9-13/h2-7,13H,8-9H2,1H3. The van der Waals surface area contributed by atoms with Gasteiger partial charge in [-0.25, -0.2) is 0 Å². The van der Waals surface area contributed by atoms with Crippen LogP contribution in [0, 0.1) is 0 Å². The van der Waals surface area contributed by atoms with E-state index in [9.17, 15) is 0 Å². The number of para-hydroxylation sites is 1. The summed E-state index contributed by atoms with van der Waals surface area (Å²) in [6.07, 6.45) is 6.00. The lowest BCUT2D eigenvalue weighted by Crippen LogP contribution is -1.94. The van der Waals surface area contributed by atoms with Crippen LogP contribution in [0.2, 0.25) is 0 Å². The van der Waals surface area contributed by atoms with Gasteiger partial charge in [0, 0.05) is 10.6 Å². The molecule has 1 nitrogen and oxygen atoms in total. The minimum Gasteiger partial charge on any atom is -0.488 e. The van der Waals surface area contributed by atoms with Gasteiger partial charge in [-0.05, 0) is 18.4 Å². The molecule has 0 N–H and O–H groups in total. The first-order valence-electron chi connectivity index (χ1n) is 4.40. The lowest BCUT2D eigenvalue weighted by Gasteiger charge is -2.07. The molecule has 0 atom stereocenters. The summed E-state index contributed by atoms with van der Waals surface area (Å²) in [7, 11) is 0. The summed E-state index contributed by atoms with van der Waals surface area (Å²) in [5.41, 5.74) is 0. The van der Waals surface area contributed by atoms with Crippen molar-refractivity contribution in [3.8, 4) is 5.75 Å². The van der Waals surface area contributed by atoms with Crippen LogP contribution in [-0.2, 0) is 0 Å². The van der Waals surface area contributed by atoms with E-state index in [0.717, 1.165) is 11.5 Å². The number of thioether (sulfide) groups is 1.